The van der Waals surface area contributed by atoms with Crippen LogP contribution in [-0.4, -0.2) is 12.6 Å². The molecule has 1 saturated carbocycles. The predicted octanol–water partition coefficient (Wildman–Crippen LogP) is 2.30. The van der Waals surface area contributed by atoms with Crippen molar-refractivity contribution in [2.75, 3.05) is 6.61 Å². The van der Waals surface area contributed by atoms with Gasteiger partial charge in [-0.3, -0.25) is 4.79 Å². The van der Waals surface area contributed by atoms with Crippen LogP contribution in [0.4, 0.5) is 0 Å². The SMILES string of the molecule is C=CCOC(=O)CC1CCCC1. The summed E-state index contributed by atoms with van der Waals surface area (Å²) in [7, 11) is 0. The minimum absolute atomic E-state index is 0.0678. The van der Waals surface area contributed by atoms with E-state index in [9.17, 15) is 4.79 Å². The molecule has 0 saturated heterocycles. The third-order valence-electron chi connectivity index (χ3n) is 2.29. The van der Waals surface area contributed by atoms with Crippen LogP contribution >= 0.6 is 0 Å². The zero-order chi connectivity index (χ0) is 8.81. The van der Waals surface area contributed by atoms with Gasteiger partial charge in [0.1, 0.15) is 6.61 Å². The molecule has 0 bridgehead atoms. The van der Waals surface area contributed by atoms with Gasteiger partial charge in [-0.05, 0) is 18.8 Å². The monoisotopic (exact) mass is 168 g/mol. The average molecular weight is 168 g/mol. The zero-order valence-corrected chi connectivity index (χ0v) is 7.42. The van der Waals surface area contributed by atoms with E-state index in [1.807, 2.05) is 0 Å². The van der Waals surface area contributed by atoms with Crippen LogP contribution < -0.4 is 0 Å². The molecule has 0 unspecified atom stereocenters. The Morgan fingerprint density at radius 2 is 2.17 bits per heavy atom. The van der Waals surface area contributed by atoms with Crippen LogP contribution in [0.3, 0.4) is 0 Å². The first-order chi connectivity index (χ1) is 5.83. The van der Waals surface area contributed by atoms with Gasteiger partial charge in [-0.1, -0.05) is 25.5 Å². The van der Waals surface area contributed by atoms with E-state index >= 15 is 0 Å². The lowest BCUT2D eigenvalue weighted by Gasteiger charge is -2.06. The largest absolute Gasteiger partial charge is 0.461 e. The van der Waals surface area contributed by atoms with E-state index in [1.54, 1.807) is 6.08 Å². The second-order valence-corrected chi connectivity index (χ2v) is 3.33. The van der Waals surface area contributed by atoms with E-state index in [1.165, 1.54) is 25.7 Å². The summed E-state index contributed by atoms with van der Waals surface area (Å²) < 4.78 is 4.90. The van der Waals surface area contributed by atoms with Crippen LogP contribution in [0.2, 0.25) is 0 Å². The zero-order valence-electron chi connectivity index (χ0n) is 7.42. The van der Waals surface area contributed by atoms with Crippen molar-refractivity contribution >= 4 is 5.97 Å². The van der Waals surface area contributed by atoms with Crippen molar-refractivity contribution in [2.45, 2.75) is 32.1 Å². The number of carbonyl (C=O) groups is 1. The third-order valence-corrected chi connectivity index (χ3v) is 2.29. The summed E-state index contributed by atoms with van der Waals surface area (Å²) in [4.78, 5) is 11.1. The Morgan fingerprint density at radius 1 is 1.50 bits per heavy atom. The number of esters is 1. The molecule has 0 amide bonds. The number of hydrogen-bond donors (Lipinski definition) is 0. The van der Waals surface area contributed by atoms with Gasteiger partial charge in [0.25, 0.3) is 0 Å². The smallest absolute Gasteiger partial charge is 0.306 e. The molecular weight excluding hydrogens is 152 g/mol. The lowest BCUT2D eigenvalue weighted by molar-refractivity contribution is -0.143. The fourth-order valence-corrected chi connectivity index (χ4v) is 1.66. The molecule has 2 nitrogen and oxygen atoms in total. The molecule has 0 spiro atoms. The molecule has 0 aromatic rings. The highest BCUT2D eigenvalue weighted by molar-refractivity contribution is 5.69. The molecule has 0 N–H and O–H groups in total. The summed E-state index contributed by atoms with van der Waals surface area (Å²) in [6.45, 7) is 3.84. The maximum atomic E-state index is 11.1. The number of rotatable bonds is 4. The fraction of sp³-hybridized carbons (Fsp3) is 0.700. The summed E-state index contributed by atoms with van der Waals surface area (Å²) in [5, 5.41) is 0. The number of ether oxygens (including phenoxy) is 1. The second-order valence-electron chi connectivity index (χ2n) is 3.33. The maximum absolute atomic E-state index is 11.1. The molecular formula is C10H16O2. The molecule has 0 aromatic heterocycles. The van der Waals surface area contributed by atoms with Crippen molar-refractivity contribution in [3.05, 3.63) is 12.7 Å². The van der Waals surface area contributed by atoms with Gasteiger partial charge in [-0.25, -0.2) is 0 Å². The highest BCUT2D eigenvalue weighted by Gasteiger charge is 2.18. The topological polar surface area (TPSA) is 26.3 Å². The van der Waals surface area contributed by atoms with Gasteiger partial charge in [0.05, 0.1) is 0 Å². The summed E-state index contributed by atoms with van der Waals surface area (Å²) in [6.07, 6.45) is 7.16. The Kier molecular flexibility index (Phi) is 3.85. The van der Waals surface area contributed by atoms with Gasteiger partial charge >= 0.3 is 5.97 Å². The van der Waals surface area contributed by atoms with Crippen molar-refractivity contribution in [3.8, 4) is 0 Å². The van der Waals surface area contributed by atoms with Crippen molar-refractivity contribution in [1.82, 2.24) is 0 Å². The fourth-order valence-electron chi connectivity index (χ4n) is 1.66. The van der Waals surface area contributed by atoms with Crippen LogP contribution in [0, 0.1) is 5.92 Å². The van der Waals surface area contributed by atoms with Crippen molar-refractivity contribution in [3.63, 3.8) is 0 Å². The first-order valence-electron chi connectivity index (χ1n) is 4.59. The molecule has 0 radical (unpaired) electrons. The first-order valence-corrected chi connectivity index (χ1v) is 4.59. The molecule has 68 valence electrons. The summed E-state index contributed by atoms with van der Waals surface area (Å²) >= 11 is 0. The van der Waals surface area contributed by atoms with Crippen molar-refractivity contribution in [1.29, 1.82) is 0 Å². The minimum atomic E-state index is -0.0678. The van der Waals surface area contributed by atoms with E-state index in [4.69, 9.17) is 4.74 Å². The van der Waals surface area contributed by atoms with E-state index in [0.717, 1.165) is 0 Å². The molecule has 1 aliphatic carbocycles. The Bertz CT molecular complexity index is 157. The van der Waals surface area contributed by atoms with E-state index in [-0.39, 0.29) is 5.97 Å². The van der Waals surface area contributed by atoms with Gasteiger partial charge in [0.2, 0.25) is 0 Å². The normalized spacial score (nSPS) is 17.7. The first kappa shape index (κ1) is 9.30. The Labute approximate surface area is 73.6 Å². The van der Waals surface area contributed by atoms with E-state index < -0.39 is 0 Å². The molecule has 12 heavy (non-hydrogen) atoms. The van der Waals surface area contributed by atoms with Crippen molar-refractivity contribution in [2.24, 2.45) is 5.92 Å². The molecule has 1 aliphatic rings. The highest BCUT2D eigenvalue weighted by Crippen LogP contribution is 2.27. The molecule has 0 heterocycles. The average Bonchev–Trinajstić information content (AvgIpc) is 2.53. The predicted molar refractivity (Wildman–Crippen MR) is 47.7 cm³/mol. The Morgan fingerprint density at radius 3 is 2.75 bits per heavy atom. The van der Waals surface area contributed by atoms with Crippen LogP contribution in [0.15, 0.2) is 12.7 Å². The summed E-state index contributed by atoms with van der Waals surface area (Å²) in [5.74, 6) is 0.518. The van der Waals surface area contributed by atoms with Crippen LogP contribution in [0.5, 0.6) is 0 Å². The van der Waals surface area contributed by atoms with Gasteiger partial charge in [-0.15, -0.1) is 0 Å². The van der Waals surface area contributed by atoms with Gasteiger partial charge < -0.3 is 4.74 Å². The lowest BCUT2D eigenvalue weighted by Crippen LogP contribution is -2.09. The molecule has 1 rings (SSSR count). The molecule has 0 atom stereocenters. The standard InChI is InChI=1S/C10H16O2/c1-2-7-12-10(11)8-9-5-3-4-6-9/h2,9H,1,3-8H2. The van der Waals surface area contributed by atoms with Crippen LogP contribution in [0.1, 0.15) is 32.1 Å². The van der Waals surface area contributed by atoms with Crippen LogP contribution in [-0.2, 0) is 9.53 Å². The molecule has 0 aromatic carbocycles. The third kappa shape index (κ3) is 3.07. The van der Waals surface area contributed by atoms with Crippen molar-refractivity contribution < 1.29 is 9.53 Å². The maximum Gasteiger partial charge on any atom is 0.306 e. The van der Waals surface area contributed by atoms with Gasteiger partial charge in [0.15, 0.2) is 0 Å². The molecule has 1 fully saturated rings. The molecule has 2 heteroatoms. The second kappa shape index (κ2) is 4.96. The number of carbonyl (C=O) groups excluding carboxylic acids is 1. The number of hydrogen-bond acceptors (Lipinski definition) is 2. The quantitative estimate of drug-likeness (QED) is 0.475. The lowest BCUT2D eigenvalue weighted by atomic mass is 10.1. The van der Waals surface area contributed by atoms with E-state index in [0.29, 0.717) is 18.9 Å². The van der Waals surface area contributed by atoms with Crippen LogP contribution in [0.25, 0.3) is 0 Å². The molecule has 0 aliphatic heterocycles. The summed E-state index contributed by atoms with van der Waals surface area (Å²) in [6, 6.07) is 0. The minimum Gasteiger partial charge on any atom is -0.461 e. The highest BCUT2D eigenvalue weighted by atomic mass is 16.5. The van der Waals surface area contributed by atoms with E-state index in [2.05, 4.69) is 6.58 Å². The summed E-state index contributed by atoms with van der Waals surface area (Å²) in [5.41, 5.74) is 0. The van der Waals surface area contributed by atoms with Gasteiger partial charge in [-0.2, -0.15) is 0 Å². The van der Waals surface area contributed by atoms with Gasteiger partial charge in [0, 0.05) is 6.42 Å². The Balaban J connectivity index is 2.11. The Hall–Kier alpha value is -0.790.